The van der Waals surface area contributed by atoms with Crippen LogP contribution in [0.4, 0.5) is 0 Å². The van der Waals surface area contributed by atoms with Crippen LogP contribution in [0.2, 0.25) is 0 Å². The molecule has 0 bridgehead atoms. The Balaban J connectivity index is 1.19. The topological polar surface area (TPSA) is 127 Å². The van der Waals surface area contributed by atoms with Gasteiger partial charge >= 0.3 is 0 Å². The maximum absolute atomic E-state index is 14.1. The standard InChI is InChI=1S/C42H52N4O7S/c1-27(2)45(5)38(20-30-10-12-31(13-11-30)25-46-28(3)8-7-9-29(46)4)42(48)44-41(47)37(34-16-19-39-40(23-34)53-26-52-39)24-43-54(49,50)36-18-15-32-21-35(51-6)17-14-33(32)22-36/h10-19,21-23,27-29,37-38,43H,7-9,20,24-26H2,1-6H3,(H,44,47,48)/t28-,29+,37-,38-/m1/s1. The van der Waals surface area contributed by atoms with Crippen molar-refractivity contribution in [3.05, 3.63) is 95.6 Å². The van der Waals surface area contributed by atoms with Gasteiger partial charge in [-0.1, -0.05) is 48.9 Å². The number of benzene rings is 4. The molecule has 1 saturated heterocycles. The first kappa shape index (κ1) is 39.2. The molecule has 0 saturated carbocycles. The van der Waals surface area contributed by atoms with Gasteiger partial charge in [-0.15, -0.1) is 0 Å². The number of carbonyl (C=O) groups is 2. The number of likely N-dealkylation sites (N-methyl/N-ethyl adjacent to an activating group) is 1. The van der Waals surface area contributed by atoms with Crippen LogP contribution in [0.1, 0.15) is 69.6 Å². The van der Waals surface area contributed by atoms with Crippen molar-refractivity contribution in [2.75, 3.05) is 27.5 Å². The summed E-state index contributed by atoms with van der Waals surface area (Å²) >= 11 is 0. The van der Waals surface area contributed by atoms with E-state index in [1.165, 1.54) is 30.9 Å². The van der Waals surface area contributed by atoms with Crippen LogP contribution in [0.15, 0.2) is 83.8 Å². The predicted molar refractivity (Wildman–Crippen MR) is 209 cm³/mol. The van der Waals surface area contributed by atoms with E-state index < -0.39 is 33.8 Å². The van der Waals surface area contributed by atoms with Gasteiger partial charge in [-0.3, -0.25) is 24.7 Å². The van der Waals surface area contributed by atoms with Crippen LogP contribution in [-0.4, -0.2) is 81.7 Å². The molecular weight excluding hydrogens is 705 g/mol. The van der Waals surface area contributed by atoms with Crippen molar-refractivity contribution in [2.45, 2.75) is 94.9 Å². The molecule has 12 heteroatoms. The van der Waals surface area contributed by atoms with Gasteiger partial charge in [-0.25, -0.2) is 13.1 Å². The maximum atomic E-state index is 14.1. The zero-order valence-corrected chi connectivity index (χ0v) is 32.8. The molecule has 2 amide bonds. The first-order valence-electron chi connectivity index (χ1n) is 18.7. The molecule has 6 rings (SSSR count). The summed E-state index contributed by atoms with van der Waals surface area (Å²) in [5, 5.41) is 4.18. The molecule has 2 aliphatic heterocycles. The summed E-state index contributed by atoms with van der Waals surface area (Å²) in [7, 11) is -0.615. The Bertz CT molecular complexity index is 2060. The first-order valence-corrected chi connectivity index (χ1v) is 20.2. The van der Waals surface area contributed by atoms with Gasteiger partial charge in [0, 0.05) is 31.2 Å². The van der Waals surface area contributed by atoms with Gasteiger partial charge in [0.15, 0.2) is 11.5 Å². The lowest BCUT2D eigenvalue weighted by Crippen LogP contribution is -2.52. The smallest absolute Gasteiger partial charge is 0.244 e. The molecule has 4 atom stereocenters. The number of likely N-dealkylation sites (tertiary alicyclic amines) is 1. The normalized spacial score (nSPS) is 18.5. The van der Waals surface area contributed by atoms with Gasteiger partial charge in [0.1, 0.15) is 5.75 Å². The van der Waals surface area contributed by atoms with Gasteiger partial charge in [-0.05, 0) is 118 Å². The SMILES string of the molecule is COc1ccc2cc(S(=O)(=O)NC[C@@H](C(=O)NC(=O)[C@@H](Cc3ccc(CN4[C@H](C)CCC[C@@H]4C)cc3)N(C)C(C)C)c3ccc4c(c3)OCO4)ccc2c1. The van der Waals surface area contributed by atoms with E-state index in [2.05, 4.69) is 53.1 Å². The van der Waals surface area contributed by atoms with E-state index in [9.17, 15) is 18.0 Å². The van der Waals surface area contributed by atoms with Crippen LogP contribution in [-0.2, 0) is 32.6 Å². The number of sulfonamides is 1. The minimum atomic E-state index is -4.06. The number of rotatable bonds is 14. The Labute approximate surface area is 319 Å². The van der Waals surface area contributed by atoms with Crippen LogP contribution in [0.3, 0.4) is 0 Å². The largest absolute Gasteiger partial charge is 0.497 e. The van der Waals surface area contributed by atoms with E-state index in [0.717, 1.165) is 22.9 Å². The summed E-state index contributed by atoms with van der Waals surface area (Å²) < 4.78 is 46.2. The van der Waals surface area contributed by atoms with Crippen molar-refractivity contribution in [3.8, 4) is 17.2 Å². The summed E-state index contributed by atoms with van der Waals surface area (Å²) in [6, 6.07) is 24.0. The lowest BCUT2D eigenvalue weighted by Gasteiger charge is -2.39. The molecule has 4 aromatic carbocycles. The summed E-state index contributed by atoms with van der Waals surface area (Å²) in [5.41, 5.74) is 2.68. The Morgan fingerprint density at radius 2 is 1.54 bits per heavy atom. The molecule has 4 aromatic rings. The number of fused-ring (bicyclic) bond motifs is 2. The van der Waals surface area contributed by atoms with Crippen molar-refractivity contribution in [2.24, 2.45) is 0 Å². The summed E-state index contributed by atoms with van der Waals surface area (Å²) in [6.07, 6.45) is 4.07. The van der Waals surface area contributed by atoms with Crippen LogP contribution >= 0.6 is 0 Å². The third kappa shape index (κ3) is 9.06. The fraction of sp³-hybridized carbons (Fsp3) is 0.429. The second kappa shape index (κ2) is 16.9. The van der Waals surface area contributed by atoms with Crippen LogP contribution in [0.25, 0.3) is 10.8 Å². The third-order valence-corrected chi connectivity index (χ3v) is 12.4. The highest BCUT2D eigenvalue weighted by atomic mass is 32.2. The summed E-state index contributed by atoms with van der Waals surface area (Å²) in [4.78, 5) is 32.7. The average molecular weight is 757 g/mol. The van der Waals surface area contributed by atoms with Crippen molar-refractivity contribution in [3.63, 3.8) is 0 Å². The molecular formula is C42H52N4O7S. The van der Waals surface area contributed by atoms with Crippen LogP contribution in [0, 0.1) is 0 Å². The number of imide groups is 1. The van der Waals surface area contributed by atoms with Crippen molar-refractivity contribution >= 4 is 32.6 Å². The van der Waals surface area contributed by atoms with E-state index in [1.54, 1.807) is 49.6 Å². The van der Waals surface area contributed by atoms with Crippen molar-refractivity contribution < 1.29 is 32.2 Å². The molecule has 2 aliphatic rings. The van der Waals surface area contributed by atoms with E-state index in [0.29, 0.717) is 41.3 Å². The molecule has 0 unspecified atom stereocenters. The van der Waals surface area contributed by atoms with Crippen molar-refractivity contribution in [1.82, 2.24) is 19.8 Å². The number of piperidine rings is 1. The van der Waals surface area contributed by atoms with E-state index in [1.807, 2.05) is 31.9 Å². The maximum Gasteiger partial charge on any atom is 0.244 e. The lowest BCUT2D eigenvalue weighted by molar-refractivity contribution is -0.134. The molecule has 0 aromatic heterocycles. The zero-order valence-electron chi connectivity index (χ0n) is 32.0. The Morgan fingerprint density at radius 3 is 2.24 bits per heavy atom. The number of methoxy groups -OCH3 is 1. The highest BCUT2D eigenvalue weighted by molar-refractivity contribution is 7.89. The van der Waals surface area contributed by atoms with Gasteiger partial charge < -0.3 is 14.2 Å². The van der Waals surface area contributed by atoms with Gasteiger partial charge in [0.2, 0.25) is 28.6 Å². The Kier molecular flexibility index (Phi) is 12.3. The van der Waals surface area contributed by atoms with Gasteiger partial charge in [0.25, 0.3) is 0 Å². The Hall–Kier alpha value is -4.49. The number of nitrogens with one attached hydrogen (secondary N) is 2. The fourth-order valence-electron chi connectivity index (χ4n) is 7.34. The number of ether oxygens (including phenoxy) is 3. The molecule has 0 radical (unpaired) electrons. The second-order valence-electron chi connectivity index (χ2n) is 14.8. The van der Waals surface area contributed by atoms with Crippen LogP contribution in [0.5, 0.6) is 17.2 Å². The highest BCUT2D eigenvalue weighted by Gasteiger charge is 2.32. The van der Waals surface area contributed by atoms with E-state index in [-0.39, 0.29) is 24.3 Å². The van der Waals surface area contributed by atoms with Gasteiger partial charge in [0.05, 0.1) is 24.0 Å². The predicted octanol–water partition coefficient (Wildman–Crippen LogP) is 6.00. The molecule has 0 spiro atoms. The Morgan fingerprint density at radius 1 is 0.870 bits per heavy atom. The lowest BCUT2D eigenvalue weighted by atomic mass is 9.96. The highest BCUT2D eigenvalue weighted by Crippen LogP contribution is 2.35. The van der Waals surface area contributed by atoms with E-state index >= 15 is 0 Å². The monoisotopic (exact) mass is 756 g/mol. The number of hydrogen-bond donors (Lipinski definition) is 2. The number of carbonyl (C=O) groups excluding carboxylic acids is 2. The third-order valence-electron chi connectivity index (χ3n) is 11.0. The molecule has 2 N–H and O–H groups in total. The number of hydrogen-bond acceptors (Lipinski definition) is 9. The van der Waals surface area contributed by atoms with Gasteiger partial charge in [-0.2, -0.15) is 0 Å². The second-order valence-corrected chi connectivity index (χ2v) is 16.6. The number of nitrogens with zero attached hydrogens (tertiary/aromatic N) is 2. The minimum absolute atomic E-state index is 0.0108. The molecule has 288 valence electrons. The zero-order chi connectivity index (χ0) is 38.6. The summed E-state index contributed by atoms with van der Waals surface area (Å²) in [5.74, 6) is -0.534. The number of amides is 2. The minimum Gasteiger partial charge on any atom is -0.497 e. The van der Waals surface area contributed by atoms with Crippen molar-refractivity contribution in [1.29, 1.82) is 0 Å². The molecule has 0 aliphatic carbocycles. The van der Waals surface area contributed by atoms with E-state index in [4.69, 9.17) is 14.2 Å². The quantitative estimate of drug-likeness (QED) is 0.160. The molecule has 11 nitrogen and oxygen atoms in total. The molecule has 54 heavy (non-hydrogen) atoms. The van der Waals surface area contributed by atoms with Crippen LogP contribution < -0.4 is 24.2 Å². The average Bonchev–Trinajstić information content (AvgIpc) is 3.63. The summed E-state index contributed by atoms with van der Waals surface area (Å²) in [6.45, 7) is 9.21. The molecule has 2 heterocycles. The fourth-order valence-corrected chi connectivity index (χ4v) is 8.42. The molecule has 1 fully saturated rings. The first-order chi connectivity index (χ1) is 25.8.